The predicted octanol–water partition coefficient (Wildman–Crippen LogP) is 7.53. The Kier molecular flexibility index (Phi) is 12.9. The fourth-order valence-electron chi connectivity index (χ4n) is 7.40. The molecule has 4 rings (SSSR count). The summed E-state index contributed by atoms with van der Waals surface area (Å²) in [7, 11) is 3.72. The summed E-state index contributed by atoms with van der Waals surface area (Å²) in [6, 6.07) is 14.2. The molecule has 1 amide bonds. The molecule has 2 aliphatic rings. The Morgan fingerprint density at radius 3 is 2.49 bits per heavy atom. The van der Waals surface area contributed by atoms with Gasteiger partial charge >= 0.3 is 0 Å². The number of rotatable bonds is 15. The highest BCUT2D eigenvalue weighted by atomic mass is 16.5. The number of piperidine rings is 1. The normalized spacial score (nSPS) is 20.0. The number of hydrogen-bond acceptors (Lipinski definition) is 5. The SMILES string of the molecule is CNC[C@@H](CC(=O)N1CCC[C@@H]([C@@](O)(CCCCOC)c2cc(C)ccc2Oc2ccc(C)cc2)C1)CC1CCCCC1. The summed E-state index contributed by atoms with van der Waals surface area (Å²) in [5.74, 6) is 2.72. The zero-order chi connectivity index (χ0) is 30.7. The van der Waals surface area contributed by atoms with Crippen molar-refractivity contribution in [3.05, 3.63) is 59.2 Å². The van der Waals surface area contributed by atoms with Crippen molar-refractivity contribution in [1.82, 2.24) is 10.2 Å². The topological polar surface area (TPSA) is 71.0 Å². The van der Waals surface area contributed by atoms with Gasteiger partial charge in [-0.2, -0.15) is 0 Å². The van der Waals surface area contributed by atoms with Gasteiger partial charge in [0.2, 0.25) is 5.91 Å². The number of carbonyl (C=O) groups excluding carboxylic acids is 1. The second kappa shape index (κ2) is 16.6. The third kappa shape index (κ3) is 9.54. The van der Waals surface area contributed by atoms with Crippen LogP contribution in [-0.2, 0) is 15.1 Å². The highest BCUT2D eigenvalue weighted by Gasteiger charge is 2.43. The van der Waals surface area contributed by atoms with Crippen LogP contribution in [0.15, 0.2) is 42.5 Å². The van der Waals surface area contributed by atoms with E-state index in [4.69, 9.17) is 9.47 Å². The molecule has 6 heteroatoms. The first-order valence-corrected chi connectivity index (χ1v) is 16.8. The number of aryl methyl sites for hydroxylation is 2. The smallest absolute Gasteiger partial charge is 0.222 e. The van der Waals surface area contributed by atoms with Crippen LogP contribution in [0, 0.1) is 31.6 Å². The lowest BCUT2D eigenvalue weighted by Crippen LogP contribution is -2.48. The summed E-state index contributed by atoms with van der Waals surface area (Å²) in [5.41, 5.74) is 1.97. The Balaban J connectivity index is 1.55. The molecule has 1 aliphatic carbocycles. The van der Waals surface area contributed by atoms with Gasteiger partial charge in [0.15, 0.2) is 0 Å². The van der Waals surface area contributed by atoms with E-state index in [-0.39, 0.29) is 11.8 Å². The van der Waals surface area contributed by atoms with Crippen LogP contribution in [0.5, 0.6) is 11.5 Å². The average Bonchev–Trinajstić information content (AvgIpc) is 3.02. The largest absolute Gasteiger partial charge is 0.457 e. The molecule has 1 aliphatic heterocycles. The minimum atomic E-state index is -1.12. The van der Waals surface area contributed by atoms with Crippen LogP contribution in [0.4, 0.5) is 0 Å². The number of aliphatic hydroxyl groups is 1. The maximum Gasteiger partial charge on any atom is 0.222 e. The van der Waals surface area contributed by atoms with Crippen LogP contribution >= 0.6 is 0 Å². The van der Waals surface area contributed by atoms with Gasteiger partial charge in [0.25, 0.3) is 0 Å². The molecule has 0 bridgehead atoms. The van der Waals surface area contributed by atoms with E-state index in [0.29, 0.717) is 37.7 Å². The van der Waals surface area contributed by atoms with Crippen LogP contribution in [0.3, 0.4) is 0 Å². The van der Waals surface area contributed by atoms with E-state index in [1.807, 2.05) is 48.3 Å². The fraction of sp³-hybridized carbons (Fsp3) is 0.649. The Hall–Kier alpha value is -2.41. The molecule has 1 saturated heterocycles. The summed E-state index contributed by atoms with van der Waals surface area (Å²) >= 11 is 0. The first-order valence-electron chi connectivity index (χ1n) is 16.8. The molecule has 2 aromatic rings. The van der Waals surface area contributed by atoms with Gasteiger partial charge in [0.05, 0.1) is 5.60 Å². The number of likely N-dealkylation sites (tertiary alicyclic amines) is 1. The van der Waals surface area contributed by atoms with Crippen LogP contribution in [0.2, 0.25) is 0 Å². The second-order valence-electron chi connectivity index (χ2n) is 13.3. The van der Waals surface area contributed by atoms with E-state index in [0.717, 1.165) is 68.0 Å². The van der Waals surface area contributed by atoms with E-state index in [2.05, 4.69) is 25.2 Å². The molecule has 0 aromatic heterocycles. The Morgan fingerprint density at radius 2 is 1.77 bits per heavy atom. The first kappa shape index (κ1) is 33.5. The maximum absolute atomic E-state index is 13.8. The monoisotopic (exact) mass is 592 g/mol. The summed E-state index contributed by atoms with van der Waals surface area (Å²) in [4.78, 5) is 15.8. The molecule has 1 saturated carbocycles. The second-order valence-corrected chi connectivity index (χ2v) is 13.3. The number of carbonyl (C=O) groups is 1. The summed E-state index contributed by atoms with van der Waals surface area (Å²) in [6.45, 7) is 7.02. The van der Waals surface area contributed by atoms with E-state index in [9.17, 15) is 9.90 Å². The van der Waals surface area contributed by atoms with Crippen molar-refractivity contribution in [2.75, 3.05) is 40.4 Å². The fourth-order valence-corrected chi connectivity index (χ4v) is 7.40. The number of amides is 1. The van der Waals surface area contributed by atoms with Gasteiger partial charge in [-0.3, -0.25) is 4.79 Å². The van der Waals surface area contributed by atoms with Crippen molar-refractivity contribution >= 4 is 5.91 Å². The van der Waals surface area contributed by atoms with Gasteiger partial charge in [-0.15, -0.1) is 0 Å². The third-order valence-corrected chi connectivity index (χ3v) is 9.80. The number of unbranched alkanes of at least 4 members (excludes halogenated alkanes) is 1. The molecule has 2 aromatic carbocycles. The molecule has 0 unspecified atom stereocenters. The average molecular weight is 593 g/mol. The Morgan fingerprint density at radius 1 is 1.02 bits per heavy atom. The van der Waals surface area contributed by atoms with Gasteiger partial charge in [0.1, 0.15) is 11.5 Å². The molecular weight excluding hydrogens is 536 g/mol. The van der Waals surface area contributed by atoms with Gasteiger partial charge in [-0.25, -0.2) is 0 Å². The molecule has 6 nitrogen and oxygen atoms in total. The number of nitrogens with zero attached hydrogens (tertiary/aromatic N) is 1. The molecule has 1 heterocycles. The molecule has 2 fully saturated rings. The van der Waals surface area contributed by atoms with Crippen LogP contribution in [0.25, 0.3) is 0 Å². The van der Waals surface area contributed by atoms with Crippen molar-refractivity contribution in [3.8, 4) is 11.5 Å². The number of ether oxygens (including phenoxy) is 2. The van der Waals surface area contributed by atoms with Gasteiger partial charge < -0.3 is 24.8 Å². The van der Waals surface area contributed by atoms with Crippen molar-refractivity contribution in [2.24, 2.45) is 17.8 Å². The molecule has 2 N–H and O–H groups in total. The number of nitrogens with one attached hydrogen (secondary N) is 1. The van der Waals surface area contributed by atoms with E-state index < -0.39 is 5.60 Å². The van der Waals surface area contributed by atoms with E-state index in [1.165, 1.54) is 37.7 Å². The van der Waals surface area contributed by atoms with Crippen molar-refractivity contribution in [3.63, 3.8) is 0 Å². The van der Waals surface area contributed by atoms with Crippen molar-refractivity contribution in [2.45, 2.75) is 96.5 Å². The molecule has 0 radical (unpaired) electrons. The Bertz CT molecular complexity index is 1130. The lowest BCUT2D eigenvalue weighted by Gasteiger charge is -2.43. The standard InChI is InChI=1S/C37H56N2O4/c1-28-14-17-33(18-15-28)43-35-19-16-29(2)23-34(35)37(41,20-8-9-22-42-4)32-13-10-21-39(27-32)36(40)25-31(26-38-3)24-30-11-6-5-7-12-30/h14-19,23,30-32,38,41H,5-13,20-22,24-27H2,1-4H3/t31-,32-,37+/m1/s1. The first-order chi connectivity index (χ1) is 20.8. The lowest BCUT2D eigenvalue weighted by molar-refractivity contribution is -0.138. The number of hydrogen-bond donors (Lipinski definition) is 2. The van der Waals surface area contributed by atoms with Gasteiger partial charge in [-0.05, 0) is 102 Å². The minimum Gasteiger partial charge on any atom is -0.457 e. The zero-order valence-electron chi connectivity index (χ0n) is 27.2. The maximum atomic E-state index is 13.8. The number of benzene rings is 2. The highest BCUT2D eigenvalue weighted by molar-refractivity contribution is 5.76. The zero-order valence-corrected chi connectivity index (χ0v) is 27.2. The van der Waals surface area contributed by atoms with Gasteiger partial charge in [-0.1, -0.05) is 61.4 Å². The molecule has 238 valence electrons. The minimum absolute atomic E-state index is 0.0731. The van der Waals surface area contributed by atoms with Crippen molar-refractivity contribution in [1.29, 1.82) is 0 Å². The molecule has 43 heavy (non-hydrogen) atoms. The lowest BCUT2D eigenvalue weighted by atomic mass is 9.73. The van der Waals surface area contributed by atoms with Crippen LogP contribution in [0.1, 0.15) is 93.7 Å². The van der Waals surface area contributed by atoms with Crippen molar-refractivity contribution < 1.29 is 19.4 Å². The summed E-state index contributed by atoms with van der Waals surface area (Å²) in [5, 5.41) is 16.1. The Labute approximate surface area is 260 Å². The summed E-state index contributed by atoms with van der Waals surface area (Å²) < 4.78 is 11.8. The number of methoxy groups -OCH3 is 1. The van der Waals surface area contributed by atoms with E-state index >= 15 is 0 Å². The van der Waals surface area contributed by atoms with Crippen LogP contribution < -0.4 is 10.1 Å². The highest BCUT2D eigenvalue weighted by Crippen LogP contribution is 2.45. The quantitative estimate of drug-likeness (QED) is 0.209. The molecular formula is C37H56N2O4. The van der Waals surface area contributed by atoms with Gasteiger partial charge in [0, 0.05) is 44.7 Å². The predicted molar refractivity (Wildman–Crippen MR) is 175 cm³/mol. The molecule has 0 spiro atoms. The molecule has 3 atom stereocenters. The third-order valence-electron chi connectivity index (χ3n) is 9.80. The summed E-state index contributed by atoms with van der Waals surface area (Å²) in [6.07, 6.45) is 12.4. The van der Waals surface area contributed by atoms with E-state index in [1.54, 1.807) is 7.11 Å². The van der Waals surface area contributed by atoms with Crippen LogP contribution in [-0.4, -0.2) is 56.3 Å².